The van der Waals surface area contributed by atoms with Crippen molar-refractivity contribution in [3.8, 4) is 11.3 Å². The van der Waals surface area contributed by atoms with Crippen molar-refractivity contribution in [2.45, 2.75) is 24.9 Å². The lowest BCUT2D eigenvalue weighted by atomic mass is 10.1. The van der Waals surface area contributed by atoms with Crippen molar-refractivity contribution in [2.75, 3.05) is 22.5 Å². The second-order valence-electron chi connectivity index (χ2n) is 7.08. The molecule has 30 heavy (non-hydrogen) atoms. The lowest BCUT2D eigenvalue weighted by Gasteiger charge is -2.16. The van der Waals surface area contributed by atoms with Crippen LogP contribution in [0.2, 0.25) is 0 Å². The molecule has 4 rings (SSSR count). The Bertz CT molecular complexity index is 1050. The van der Waals surface area contributed by atoms with Gasteiger partial charge in [0, 0.05) is 35.6 Å². The van der Waals surface area contributed by atoms with Crippen molar-refractivity contribution in [3.63, 3.8) is 0 Å². The van der Waals surface area contributed by atoms with Crippen LogP contribution < -0.4 is 10.2 Å². The molecule has 0 bridgehead atoms. The molecule has 2 amide bonds. The molecule has 6 nitrogen and oxygen atoms in total. The molecule has 1 aliphatic rings. The molecule has 7 heteroatoms. The summed E-state index contributed by atoms with van der Waals surface area (Å²) in [7, 11) is 0. The molecule has 1 aliphatic heterocycles. The van der Waals surface area contributed by atoms with E-state index in [-0.39, 0.29) is 17.6 Å². The number of thioether (sulfide) groups is 1. The number of amides is 2. The van der Waals surface area contributed by atoms with E-state index in [1.54, 1.807) is 4.90 Å². The van der Waals surface area contributed by atoms with E-state index >= 15 is 0 Å². The molecule has 0 saturated carbocycles. The van der Waals surface area contributed by atoms with Crippen LogP contribution in [-0.2, 0) is 9.59 Å². The third kappa shape index (κ3) is 4.86. The van der Waals surface area contributed by atoms with Gasteiger partial charge in [-0.1, -0.05) is 42.1 Å². The smallest absolute Gasteiger partial charge is 0.234 e. The maximum Gasteiger partial charge on any atom is 0.234 e. The van der Waals surface area contributed by atoms with Gasteiger partial charge in [0.15, 0.2) is 5.16 Å². The highest BCUT2D eigenvalue weighted by atomic mass is 32.2. The Morgan fingerprint density at radius 2 is 1.87 bits per heavy atom. The van der Waals surface area contributed by atoms with Crippen LogP contribution in [0.3, 0.4) is 0 Å². The van der Waals surface area contributed by atoms with E-state index in [1.165, 1.54) is 11.8 Å². The lowest BCUT2D eigenvalue weighted by Crippen LogP contribution is -2.23. The van der Waals surface area contributed by atoms with Crippen molar-refractivity contribution in [3.05, 3.63) is 66.4 Å². The molecule has 1 aromatic heterocycles. The summed E-state index contributed by atoms with van der Waals surface area (Å²) in [5, 5.41) is 3.46. The summed E-state index contributed by atoms with van der Waals surface area (Å²) < 4.78 is 0. The van der Waals surface area contributed by atoms with E-state index in [0.29, 0.717) is 17.3 Å². The van der Waals surface area contributed by atoms with Crippen LogP contribution in [0, 0.1) is 6.92 Å². The summed E-state index contributed by atoms with van der Waals surface area (Å²) in [4.78, 5) is 35.0. The predicted octanol–water partition coefficient (Wildman–Crippen LogP) is 4.31. The van der Waals surface area contributed by atoms with Gasteiger partial charge in [-0.2, -0.15) is 0 Å². The molecule has 0 unspecified atom stereocenters. The van der Waals surface area contributed by atoms with Crippen LogP contribution in [0.4, 0.5) is 11.4 Å². The minimum Gasteiger partial charge on any atom is -0.325 e. The minimum absolute atomic E-state index is 0.128. The van der Waals surface area contributed by atoms with Gasteiger partial charge in [-0.3, -0.25) is 9.59 Å². The molecule has 0 radical (unpaired) electrons. The van der Waals surface area contributed by atoms with E-state index in [9.17, 15) is 9.59 Å². The van der Waals surface area contributed by atoms with Crippen LogP contribution in [0.1, 0.15) is 18.5 Å². The number of anilines is 2. The summed E-state index contributed by atoms with van der Waals surface area (Å²) in [5.74, 6) is 0.233. The Morgan fingerprint density at radius 1 is 1.10 bits per heavy atom. The van der Waals surface area contributed by atoms with Gasteiger partial charge < -0.3 is 10.2 Å². The van der Waals surface area contributed by atoms with E-state index in [0.717, 1.165) is 35.6 Å². The largest absolute Gasteiger partial charge is 0.325 e. The van der Waals surface area contributed by atoms with Crippen molar-refractivity contribution in [1.82, 2.24) is 9.97 Å². The average Bonchev–Trinajstić information content (AvgIpc) is 3.19. The normalized spacial score (nSPS) is 13.5. The minimum atomic E-state index is -0.128. The van der Waals surface area contributed by atoms with Crippen molar-refractivity contribution in [1.29, 1.82) is 0 Å². The highest BCUT2D eigenvalue weighted by molar-refractivity contribution is 7.99. The fourth-order valence-electron chi connectivity index (χ4n) is 3.34. The first-order valence-corrected chi connectivity index (χ1v) is 10.8. The first kappa shape index (κ1) is 20.1. The van der Waals surface area contributed by atoms with Crippen molar-refractivity contribution in [2.24, 2.45) is 0 Å². The zero-order valence-electron chi connectivity index (χ0n) is 16.7. The number of nitrogens with one attached hydrogen (secondary N) is 1. The third-order valence-corrected chi connectivity index (χ3v) is 5.62. The van der Waals surface area contributed by atoms with Crippen molar-refractivity contribution < 1.29 is 9.59 Å². The quantitative estimate of drug-likeness (QED) is 0.477. The van der Waals surface area contributed by atoms with Crippen LogP contribution >= 0.6 is 11.8 Å². The number of aryl methyl sites for hydroxylation is 1. The molecule has 1 fully saturated rings. The van der Waals surface area contributed by atoms with Crippen LogP contribution in [0.5, 0.6) is 0 Å². The Labute approximate surface area is 179 Å². The van der Waals surface area contributed by atoms with Gasteiger partial charge >= 0.3 is 0 Å². The van der Waals surface area contributed by atoms with E-state index in [1.807, 2.05) is 67.6 Å². The number of carbonyl (C=O) groups is 2. The Morgan fingerprint density at radius 3 is 2.57 bits per heavy atom. The number of rotatable bonds is 6. The lowest BCUT2D eigenvalue weighted by molar-refractivity contribution is -0.117. The van der Waals surface area contributed by atoms with Gasteiger partial charge in [0.1, 0.15) is 0 Å². The summed E-state index contributed by atoms with van der Waals surface area (Å²) >= 11 is 1.31. The average molecular weight is 419 g/mol. The molecule has 0 aliphatic carbocycles. The van der Waals surface area contributed by atoms with E-state index in [4.69, 9.17) is 0 Å². The van der Waals surface area contributed by atoms with Crippen LogP contribution in [0.25, 0.3) is 11.3 Å². The first-order valence-electron chi connectivity index (χ1n) is 9.83. The maximum atomic E-state index is 12.4. The summed E-state index contributed by atoms with van der Waals surface area (Å²) in [6.45, 7) is 2.67. The molecule has 2 aromatic carbocycles. The van der Waals surface area contributed by atoms with Gasteiger partial charge in [0.2, 0.25) is 11.8 Å². The van der Waals surface area contributed by atoms with E-state index < -0.39 is 0 Å². The number of hydrogen-bond donors (Lipinski definition) is 1. The fourth-order valence-corrected chi connectivity index (χ4v) is 4.04. The second-order valence-corrected chi connectivity index (χ2v) is 8.02. The third-order valence-electron chi connectivity index (χ3n) is 4.77. The number of hydrogen-bond acceptors (Lipinski definition) is 5. The number of benzene rings is 2. The maximum absolute atomic E-state index is 12.4. The molecule has 2 heterocycles. The zero-order valence-corrected chi connectivity index (χ0v) is 17.5. The number of nitrogens with zero attached hydrogens (tertiary/aromatic N) is 3. The summed E-state index contributed by atoms with van der Waals surface area (Å²) in [5.41, 5.74) is 4.29. The first-order chi connectivity index (χ1) is 14.6. The highest BCUT2D eigenvalue weighted by Gasteiger charge is 2.21. The van der Waals surface area contributed by atoms with Gasteiger partial charge in [0.05, 0.1) is 11.4 Å². The molecule has 1 saturated heterocycles. The zero-order chi connectivity index (χ0) is 20.9. The molecular weight excluding hydrogens is 396 g/mol. The Hall–Kier alpha value is -3.19. The standard InChI is InChI=1S/C23H22N4O2S/c1-16-14-20(17-6-3-2-4-7-17)26-23(24-16)30-15-21(28)25-18-9-11-19(12-10-18)27-13-5-8-22(27)29/h2-4,6-7,9-12,14H,5,8,13,15H2,1H3,(H,25,28). The van der Waals surface area contributed by atoms with Crippen LogP contribution in [0.15, 0.2) is 65.8 Å². The van der Waals surface area contributed by atoms with Crippen LogP contribution in [-0.4, -0.2) is 34.1 Å². The molecule has 1 N–H and O–H groups in total. The van der Waals surface area contributed by atoms with Gasteiger partial charge in [-0.15, -0.1) is 0 Å². The van der Waals surface area contributed by atoms with E-state index in [2.05, 4.69) is 15.3 Å². The molecule has 0 spiro atoms. The van der Waals surface area contributed by atoms with Crippen molar-refractivity contribution >= 4 is 35.0 Å². The molecular formula is C23H22N4O2S. The molecule has 0 atom stereocenters. The van der Waals surface area contributed by atoms with Gasteiger partial charge in [-0.25, -0.2) is 9.97 Å². The predicted molar refractivity (Wildman–Crippen MR) is 120 cm³/mol. The Kier molecular flexibility index (Phi) is 6.09. The SMILES string of the molecule is Cc1cc(-c2ccccc2)nc(SCC(=O)Nc2ccc(N3CCCC3=O)cc2)n1. The molecule has 3 aromatic rings. The molecule has 152 valence electrons. The fraction of sp³-hybridized carbons (Fsp3) is 0.217. The summed E-state index contributed by atoms with van der Waals surface area (Å²) in [6.07, 6.45) is 1.49. The Balaban J connectivity index is 1.36. The monoisotopic (exact) mass is 418 g/mol. The second kappa shape index (κ2) is 9.09. The van der Waals surface area contributed by atoms with Gasteiger partial charge in [-0.05, 0) is 43.7 Å². The van der Waals surface area contributed by atoms with Gasteiger partial charge in [0.25, 0.3) is 0 Å². The topological polar surface area (TPSA) is 75.2 Å². The number of carbonyl (C=O) groups excluding carboxylic acids is 2. The highest BCUT2D eigenvalue weighted by Crippen LogP contribution is 2.24. The number of aromatic nitrogens is 2. The summed E-state index contributed by atoms with van der Waals surface area (Å²) in [6, 6.07) is 19.2.